The summed E-state index contributed by atoms with van der Waals surface area (Å²) in [5.74, 6) is 2.77. The number of nitrogens with one attached hydrogen (secondary N) is 1. The molecule has 0 aromatic heterocycles. The minimum absolute atomic E-state index is 0. The molecule has 22 atom stereocenters. The number of methoxy groups -OCH3 is 6. The van der Waals surface area contributed by atoms with E-state index in [2.05, 4.69) is 87.7 Å². The lowest BCUT2D eigenvalue weighted by Crippen LogP contribution is -2.76. The number of carbonyl (C=O) groups excluding carboxylic acids is 1. The Kier molecular flexibility index (Phi) is 43.3. The lowest BCUT2D eigenvalue weighted by molar-refractivity contribution is -0.342. The second-order valence-corrected chi connectivity index (χ2v) is 32.2. The molecule has 0 spiro atoms. The van der Waals surface area contributed by atoms with Crippen LogP contribution in [0.2, 0.25) is 0 Å². The van der Waals surface area contributed by atoms with Gasteiger partial charge in [0.25, 0.3) is 0 Å². The molecular formula is C81H129Cl2FN2O29S. The first-order valence-electron chi connectivity index (χ1n) is 37.0. The molecule has 2 aliphatic heterocycles. The number of hydrogen-bond acceptors (Lipinski definition) is 23. The third kappa shape index (κ3) is 21.8. The van der Waals surface area contributed by atoms with Crippen molar-refractivity contribution in [1.82, 2.24) is 5.32 Å². The minimum Gasteiger partial charge on any atom is -0.498 e. The Bertz CT molecular complexity index is 3990. The lowest BCUT2D eigenvalue weighted by atomic mass is 9.40. The number of halogens is 3. The molecule has 0 radical (unpaired) electrons. The summed E-state index contributed by atoms with van der Waals surface area (Å²) in [6.07, 6.45) is 16.1. The first kappa shape index (κ1) is 110. The Balaban J connectivity index is 0.00000157. The summed E-state index contributed by atoms with van der Waals surface area (Å²) in [5, 5.41) is 93.2. The molecular weight excluding hydrogens is 1590 g/mol. The molecule has 9 aliphatic carbocycles. The summed E-state index contributed by atoms with van der Waals surface area (Å²) >= 11 is 0. The summed E-state index contributed by atoms with van der Waals surface area (Å²) in [5.41, 5.74) is 8.59. The van der Waals surface area contributed by atoms with Crippen molar-refractivity contribution >= 4 is 46.6 Å². The van der Waals surface area contributed by atoms with Crippen LogP contribution in [-0.2, 0) is 59.3 Å². The molecule has 4 saturated carbocycles. The number of esters is 1. The van der Waals surface area contributed by atoms with Crippen LogP contribution in [-0.4, -0.2) is 240 Å². The molecule has 13 rings (SSSR count). The van der Waals surface area contributed by atoms with Crippen molar-refractivity contribution in [1.29, 1.82) is 0 Å². The number of ether oxygens (including phenoxy) is 9. The van der Waals surface area contributed by atoms with Gasteiger partial charge < -0.3 is 138 Å². The number of aliphatic hydroxyl groups excluding tert-OH is 6. The Hall–Kier alpha value is -5.98. The largest absolute Gasteiger partial charge is 0.498 e. The summed E-state index contributed by atoms with van der Waals surface area (Å²) in [4.78, 5) is 24.3. The summed E-state index contributed by atoms with van der Waals surface area (Å²) < 4.78 is 83.4. The van der Waals surface area contributed by atoms with Crippen LogP contribution < -0.4 is 21.2 Å². The van der Waals surface area contributed by atoms with Crippen molar-refractivity contribution in [3.8, 4) is 5.75 Å². The van der Waals surface area contributed by atoms with Gasteiger partial charge in [0.05, 0.1) is 81.0 Å². The summed E-state index contributed by atoms with van der Waals surface area (Å²) in [7, 11) is 5.33. The first-order chi connectivity index (χ1) is 50.3. The van der Waals surface area contributed by atoms with Gasteiger partial charge in [0.2, 0.25) is 5.43 Å². The predicted octanol–water partition coefficient (Wildman–Crippen LogP) is 1.74. The number of benzene rings is 1. The van der Waals surface area contributed by atoms with Crippen molar-refractivity contribution in [3.05, 3.63) is 170 Å². The van der Waals surface area contributed by atoms with E-state index in [1.807, 2.05) is 13.0 Å². The monoisotopic (exact) mass is 1710 g/mol. The molecule has 0 bridgehead atoms. The van der Waals surface area contributed by atoms with Crippen LogP contribution in [0.1, 0.15) is 128 Å². The van der Waals surface area contributed by atoms with Crippen LogP contribution in [0.3, 0.4) is 0 Å². The second kappa shape index (κ2) is 45.6. The van der Waals surface area contributed by atoms with Crippen LogP contribution in [0.25, 0.3) is 5.57 Å². The molecule has 116 heavy (non-hydrogen) atoms. The molecule has 31 nitrogen and oxygen atoms in total. The van der Waals surface area contributed by atoms with Crippen LogP contribution in [0, 0.1) is 52.3 Å². The maximum absolute atomic E-state index is 12.7. The Morgan fingerprint density at radius 1 is 0.750 bits per heavy atom. The molecule has 22 unspecified atom stereocenters. The molecule has 27 N–H and O–H groups in total. The van der Waals surface area contributed by atoms with Gasteiger partial charge in [0.15, 0.2) is 23.6 Å². The predicted molar refractivity (Wildman–Crippen MR) is 437 cm³/mol. The molecule has 2 heterocycles. The number of rotatable bonds is 17. The van der Waals surface area contributed by atoms with E-state index >= 15 is 0 Å². The van der Waals surface area contributed by atoms with Crippen LogP contribution in [0.5, 0.6) is 5.75 Å². The zero-order valence-corrected chi connectivity index (χ0v) is 70.2. The Morgan fingerprint density at radius 2 is 1.40 bits per heavy atom. The van der Waals surface area contributed by atoms with Gasteiger partial charge in [-0.05, 0) is 176 Å². The average Bonchev–Trinajstić information content (AvgIpc) is 1.28. The number of hydrogen-bond donors (Lipinski definition) is 10. The van der Waals surface area contributed by atoms with Crippen molar-refractivity contribution in [3.63, 3.8) is 0 Å². The van der Waals surface area contributed by atoms with Gasteiger partial charge in [-0.25, -0.2) is 4.79 Å². The first-order valence-corrected chi connectivity index (χ1v) is 38.4. The normalized spacial score (nSPS) is 33.8. The van der Waals surface area contributed by atoms with E-state index in [1.54, 1.807) is 59.8 Å². The molecule has 5 fully saturated rings. The van der Waals surface area contributed by atoms with Crippen LogP contribution in [0.4, 0.5) is 3.89 Å². The van der Waals surface area contributed by atoms with Gasteiger partial charge in [0.1, 0.15) is 42.9 Å². The standard InChI is InChI=1S/C29H44O12.C23H31NO5.C21H26O2.C8H10FNO2S.2ClH.8H2O/c1-13-22(34)23(35)24(36)25(40-13)41-15-8-19(32)28(12-30)21-17(3-5-27(28,37)9-15)29(38)6-4-16(14-7-20(33)39-11-14)26(29,2)10-18(21)31;1-13(2)24-17-9-7-14-11-20(27-4)22(28-5)23(29-6)21(14)15-8-10-19(26-3)18(25)12-16(15)17;1-14-8-9-16(10-15(14)2)11-17-6-5-7-18-12-20(22-3)21(23-4)13-19(17)18;9-13(11,12)8-3-1-7(2-4-8)5-6-10;;;;;;;;;;/h7,13,15-19,21-25,30-32,34-38H,3-6,8-12H2,1-2H3;8,10-13,17,22-24H,7,9H2,1-6H3;5-10,12-15,18-19H,11H2,1-4H3;1-4H,5-6,10H2;2*1H;8*1H2. The molecule has 1 saturated heterocycles. The average molecular weight is 1720 g/mol. The number of aliphatic hydroxyl groups is 8. The highest BCUT2D eigenvalue weighted by molar-refractivity contribution is 7.86. The Morgan fingerprint density at radius 3 is 1.96 bits per heavy atom. The second-order valence-electron chi connectivity index (χ2n) is 30.8. The summed E-state index contributed by atoms with van der Waals surface area (Å²) in [6, 6.07) is 11.3. The molecule has 35 heteroatoms. The van der Waals surface area contributed by atoms with E-state index in [1.165, 1.54) is 43.4 Å². The Labute approximate surface area is 690 Å². The lowest BCUT2D eigenvalue weighted by Gasteiger charge is -2.68. The maximum atomic E-state index is 12.7. The minimum atomic E-state index is -4.57. The van der Waals surface area contributed by atoms with Crippen molar-refractivity contribution in [2.75, 3.05) is 62.4 Å². The van der Waals surface area contributed by atoms with Crippen molar-refractivity contribution in [2.24, 2.45) is 58.0 Å². The van der Waals surface area contributed by atoms with Gasteiger partial charge >= 0.3 is 16.2 Å². The molecule has 664 valence electrons. The maximum Gasteiger partial charge on any atom is 0.332 e. The highest BCUT2D eigenvalue weighted by Crippen LogP contribution is 2.71. The molecule has 11 aliphatic rings. The fraction of sp³-hybridized carbons (Fsp3) is 0.605. The number of allylic oxidation sites excluding steroid dienone is 12. The van der Waals surface area contributed by atoms with Gasteiger partial charge in [-0.2, -0.15) is 8.42 Å². The van der Waals surface area contributed by atoms with E-state index in [0.717, 1.165) is 69.9 Å². The van der Waals surface area contributed by atoms with E-state index in [0.29, 0.717) is 61.6 Å². The zero-order valence-electron chi connectivity index (χ0n) is 67.7. The fourth-order valence-corrected chi connectivity index (χ4v) is 19.4. The molecule has 0 amide bonds. The number of cyclic esters (lactones) is 1. The third-order valence-corrected chi connectivity index (χ3v) is 25.4. The molecule has 2 aromatic carbocycles. The SMILES string of the molecule is CC1OC(OC2CC(O)C3(CO)C4C(O)CC5(C)C(C6=CC(=O)OC6)CCC5(O)C4CCC3(O)C2)C(O)C(O)C1O.COC1=CC2=C(c3ccc(OC)c(=O)cc3C(NC(C)C)CC2)C(OC)C1OC.COC1=CC2C=CC=C(CC3=CC(C)C(C)C=C3)C2C=C1OC.Cl.Cl.NCCc1ccc(S(=O)(=O)F)cc1.O.O.O.O.O.O.O.O. The topological polar surface area (TPSA) is 603 Å². The van der Waals surface area contributed by atoms with Gasteiger partial charge in [0, 0.05) is 68.4 Å². The van der Waals surface area contributed by atoms with Gasteiger partial charge in [-0.3, -0.25) is 4.79 Å². The van der Waals surface area contributed by atoms with Crippen molar-refractivity contribution in [2.45, 2.75) is 202 Å². The van der Waals surface area contributed by atoms with Gasteiger partial charge in [-0.1, -0.05) is 94.8 Å². The van der Waals surface area contributed by atoms with Crippen LogP contribution in [0.15, 0.2) is 152 Å². The smallest absolute Gasteiger partial charge is 0.332 e. The van der Waals surface area contributed by atoms with E-state index in [4.69, 9.17) is 48.4 Å². The zero-order chi connectivity index (χ0) is 77.1. The van der Waals surface area contributed by atoms with Crippen molar-refractivity contribution < 1.29 is 144 Å². The number of fused-ring (bicyclic) bond motifs is 8. The quantitative estimate of drug-likeness (QED) is 0.0612. The number of carbonyl (C=O) groups is 1. The summed E-state index contributed by atoms with van der Waals surface area (Å²) in [6.45, 7) is 12.3. The molecule has 2 aromatic rings. The highest BCUT2D eigenvalue weighted by atomic mass is 35.5. The van der Waals surface area contributed by atoms with E-state index in [-0.39, 0.29) is 141 Å². The highest BCUT2D eigenvalue weighted by Gasteiger charge is 2.75. The van der Waals surface area contributed by atoms with Crippen LogP contribution >= 0.6 is 24.8 Å². The number of nitrogens with two attached hydrogens (primary N) is 1. The van der Waals surface area contributed by atoms with E-state index in [9.17, 15) is 62.7 Å². The van der Waals surface area contributed by atoms with Gasteiger partial charge in [-0.15, -0.1) is 28.7 Å². The fourth-order valence-electron chi connectivity index (χ4n) is 19.0. The third-order valence-electron chi connectivity index (χ3n) is 24.6. The van der Waals surface area contributed by atoms with E-state index < -0.39 is 106 Å².